The first kappa shape index (κ1) is 37.4. The maximum atomic E-state index is 6.64. The number of para-hydroxylation sites is 1. The van der Waals surface area contributed by atoms with Gasteiger partial charge in [0.2, 0.25) is 0 Å². The van der Waals surface area contributed by atoms with E-state index in [1.807, 2.05) is 0 Å². The van der Waals surface area contributed by atoms with E-state index in [0.29, 0.717) is 0 Å². The summed E-state index contributed by atoms with van der Waals surface area (Å²) in [6.45, 7) is 4.78. The summed E-state index contributed by atoms with van der Waals surface area (Å²) in [6, 6.07) is 79.2. The lowest BCUT2D eigenvalue weighted by Crippen LogP contribution is -2.24. The average molecular weight is 844 g/mol. The van der Waals surface area contributed by atoms with Crippen LogP contribution in [0.5, 0.6) is 0 Å². The number of anilines is 3. The van der Waals surface area contributed by atoms with Crippen molar-refractivity contribution in [2.45, 2.75) is 37.5 Å². The molecule has 0 saturated heterocycles. The van der Waals surface area contributed by atoms with Crippen molar-refractivity contribution in [3.63, 3.8) is 0 Å². The maximum absolute atomic E-state index is 6.64. The minimum atomic E-state index is -0.207. The Labute approximate surface area is 385 Å². The molecule has 0 amide bonds. The second kappa shape index (κ2) is 13.8. The molecule has 0 saturated carbocycles. The molecule has 1 unspecified atom stereocenters. The molecule has 66 heavy (non-hydrogen) atoms. The van der Waals surface area contributed by atoms with Gasteiger partial charge in [-0.3, -0.25) is 0 Å². The molecule has 0 aliphatic heterocycles. The minimum Gasteiger partial charge on any atom is -0.455 e. The number of nitrogens with zero attached hydrogens (tertiary/aromatic N) is 1. The monoisotopic (exact) mass is 843 g/mol. The van der Waals surface area contributed by atoms with E-state index in [1.165, 1.54) is 77.7 Å². The number of fused-ring (bicyclic) bond motifs is 15. The molecule has 11 aromatic rings. The molecule has 1 spiro atoms. The van der Waals surface area contributed by atoms with Gasteiger partial charge in [0.15, 0.2) is 0 Å². The van der Waals surface area contributed by atoms with Gasteiger partial charge in [0.05, 0.1) is 5.69 Å². The second-order valence-electron chi connectivity index (χ2n) is 19.1. The Morgan fingerprint density at radius 2 is 1.06 bits per heavy atom. The zero-order chi connectivity index (χ0) is 43.7. The summed E-state index contributed by atoms with van der Waals surface area (Å²) >= 11 is 0. The molecular formula is C64H45NO. The number of furan rings is 1. The molecule has 1 heterocycles. The van der Waals surface area contributed by atoms with E-state index < -0.39 is 0 Å². The summed E-state index contributed by atoms with van der Waals surface area (Å²) in [6.07, 6.45) is 2.12. The summed E-state index contributed by atoms with van der Waals surface area (Å²) < 4.78 is 6.64. The van der Waals surface area contributed by atoms with Crippen molar-refractivity contribution in [1.82, 2.24) is 0 Å². The van der Waals surface area contributed by atoms with Crippen molar-refractivity contribution >= 4 is 49.8 Å². The molecule has 14 rings (SSSR count). The Bertz CT molecular complexity index is 3810. The van der Waals surface area contributed by atoms with Crippen molar-refractivity contribution in [1.29, 1.82) is 0 Å². The van der Waals surface area contributed by atoms with Crippen LogP contribution >= 0.6 is 0 Å². The zero-order valence-corrected chi connectivity index (χ0v) is 37.0. The van der Waals surface area contributed by atoms with Crippen molar-refractivity contribution in [2.24, 2.45) is 0 Å². The van der Waals surface area contributed by atoms with Gasteiger partial charge in [0, 0.05) is 43.9 Å². The van der Waals surface area contributed by atoms with Crippen LogP contribution in [0.4, 0.5) is 17.1 Å². The fraction of sp³-hybridized carbons (Fsp3) is 0.0938. The summed E-state index contributed by atoms with van der Waals surface area (Å²) in [5.41, 5.74) is 23.5. The van der Waals surface area contributed by atoms with Crippen LogP contribution in [0, 0.1) is 0 Å². The van der Waals surface area contributed by atoms with E-state index in [9.17, 15) is 0 Å². The molecule has 0 radical (unpaired) electrons. The fourth-order valence-electron chi connectivity index (χ4n) is 12.6. The maximum Gasteiger partial charge on any atom is 0.143 e. The summed E-state index contributed by atoms with van der Waals surface area (Å²) in [7, 11) is 0. The minimum absolute atomic E-state index is 0.172. The third-order valence-electron chi connectivity index (χ3n) is 15.5. The molecular weight excluding hydrogens is 799 g/mol. The van der Waals surface area contributed by atoms with Gasteiger partial charge in [-0.1, -0.05) is 184 Å². The van der Waals surface area contributed by atoms with Crippen LogP contribution in [0.2, 0.25) is 0 Å². The highest BCUT2D eigenvalue weighted by Gasteiger charge is 2.48. The highest BCUT2D eigenvalue weighted by molar-refractivity contribution is 6.19. The summed E-state index contributed by atoms with van der Waals surface area (Å²) in [4.78, 5) is 2.52. The molecule has 10 aromatic carbocycles. The molecule has 0 N–H and O–H groups in total. The molecule has 0 fully saturated rings. The van der Waals surface area contributed by atoms with Gasteiger partial charge in [-0.25, -0.2) is 0 Å². The fourth-order valence-corrected chi connectivity index (χ4v) is 12.6. The molecule has 2 nitrogen and oxygen atoms in total. The van der Waals surface area contributed by atoms with Crippen molar-refractivity contribution in [2.75, 3.05) is 4.90 Å². The summed E-state index contributed by atoms with van der Waals surface area (Å²) in [5.74, 6) is 0. The quantitative estimate of drug-likeness (QED) is 0.172. The number of hydrogen-bond acceptors (Lipinski definition) is 2. The van der Waals surface area contributed by atoms with Crippen LogP contribution in [0.15, 0.2) is 217 Å². The molecule has 3 aliphatic rings. The zero-order valence-electron chi connectivity index (χ0n) is 37.0. The van der Waals surface area contributed by atoms with E-state index in [1.54, 1.807) is 0 Å². The van der Waals surface area contributed by atoms with E-state index >= 15 is 0 Å². The van der Waals surface area contributed by atoms with Gasteiger partial charge in [-0.15, -0.1) is 0 Å². The molecule has 0 bridgehead atoms. The lowest BCUT2D eigenvalue weighted by atomic mass is 9.73. The smallest absolute Gasteiger partial charge is 0.143 e. The van der Waals surface area contributed by atoms with Gasteiger partial charge in [-0.05, 0) is 133 Å². The molecule has 1 aromatic heterocycles. The molecule has 2 heteroatoms. The van der Waals surface area contributed by atoms with Crippen molar-refractivity contribution in [3.05, 3.63) is 246 Å². The third-order valence-corrected chi connectivity index (χ3v) is 15.5. The SMILES string of the molecule is CC1(C)c2ccccc2-c2cccc(-c3ccccc3N(c3ccc(-c4cccc5oc6c7ccccc7ccc6c45)cc3)c3ccc4c(c3)C3(CCc5ccccc53)c3ccccc3-4)c21. The normalized spacial score (nSPS) is 16.1. The first-order chi connectivity index (χ1) is 32.5. The first-order valence-electron chi connectivity index (χ1n) is 23.4. The Balaban J connectivity index is 0.981. The van der Waals surface area contributed by atoms with Crippen LogP contribution in [0.1, 0.15) is 53.6 Å². The average Bonchev–Trinajstić information content (AvgIpc) is 4.10. The van der Waals surface area contributed by atoms with Gasteiger partial charge >= 0.3 is 0 Å². The Kier molecular flexibility index (Phi) is 7.82. The highest BCUT2D eigenvalue weighted by Crippen LogP contribution is 2.60. The Morgan fingerprint density at radius 3 is 1.91 bits per heavy atom. The van der Waals surface area contributed by atoms with Gasteiger partial charge in [0.1, 0.15) is 11.2 Å². The van der Waals surface area contributed by atoms with Crippen LogP contribution in [0.3, 0.4) is 0 Å². The predicted molar refractivity (Wildman–Crippen MR) is 274 cm³/mol. The lowest BCUT2D eigenvalue weighted by Gasteiger charge is -2.32. The van der Waals surface area contributed by atoms with E-state index in [4.69, 9.17) is 4.42 Å². The van der Waals surface area contributed by atoms with Gasteiger partial charge in [0.25, 0.3) is 0 Å². The van der Waals surface area contributed by atoms with Crippen LogP contribution < -0.4 is 4.90 Å². The number of rotatable bonds is 5. The second-order valence-corrected chi connectivity index (χ2v) is 19.1. The van der Waals surface area contributed by atoms with E-state index in [0.717, 1.165) is 62.8 Å². The summed E-state index contributed by atoms with van der Waals surface area (Å²) in [5, 5.41) is 4.61. The number of hydrogen-bond donors (Lipinski definition) is 0. The van der Waals surface area contributed by atoms with E-state index in [-0.39, 0.29) is 10.8 Å². The van der Waals surface area contributed by atoms with Crippen LogP contribution in [-0.2, 0) is 17.3 Å². The van der Waals surface area contributed by atoms with Crippen molar-refractivity contribution in [3.8, 4) is 44.5 Å². The number of benzene rings is 10. The van der Waals surface area contributed by atoms with Gasteiger partial charge < -0.3 is 9.32 Å². The Morgan fingerprint density at radius 1 is 0.439 bits per heavy atom. The lowest BCUT2D eigenvalue weighted by molar-refractivity contribution is 0.626. The predicted octanol–water partition coefficient (Wildman–Crippen LogP) is 17.1. The molecule has 3 aliphatic carbocycles. The highest BCUT2D eigenvalue weighted by atomic mass is 16.3. The van der Waals surface area contributed by atoms with Crippen LogP contribution in [-0.4, -0.2) is 0 Å². The molecule has 312 valence electrons. The van der Waals surface area contributed by atoms with Gasteiger partial charge in [-0.2, -0.15) is 0 Å². The first-order valence-corrected chi connectivity index (χ1v) is 23.4. The standard InChI is InChI=1S/C64H45NO/c1-63(2)55-25-10-6-19-48(55)51-22-13-23-52(61(51)63)50-20-8-12-27-58(50)65(44-34-36-49-47-18-7-11-26-56(47)64(57(49)39-44)38-37-42-16-4-9-24-54(42)64)43-32-29-41(30-33-43)45-21-14-28-59-60(45)53-35-31-40-15-3-5-17-46(40)62(53)66-59/h3-36,39H,37-38H2,1-2H3. The third kappa shape index (κ3) is 5.07. The van der Waals surface area contributed by atoms with Crippen LogP contribution in [0.25, 0.3) is 77.2 Å². The number of aryl methyl sites for hydroxylation is 1. The largest absolute Gasteiger partial charge is 0.455 e. The Hall–Kier alpha value is -7.94. The molecule has 1 atom stereocenters. The van der Waals surface area contributed by atoms with Crippen molar-refractivity contribution < 1.29 is 4.42 Å². The topological polar surface area (TPSA) is 16.4 Å². The van der Waals surface area contributed by atoms with E-state index in [2.05, 4.69) is 231 Å².